The summed E-state index contributed by atoms with van der Waals surface area (Å²) in [5, 5.41) is 0. The fraction of sp³-hybridized carbons (Fsp3) is 0.727. The van der Waals surface area contributed by atoms with Crippen molar-refractivity contribution in [2.45, 2.75) is 71.2 Å². The number of benzene rings is 1. The molecule has 0 N–H and O–H groups in total. The molecule has 30 heavy (non-hydrogen) atoms. The van der Waals surface area contributed by atoms with Crippen molar-refractivity contribution < 1.29 is 36.2 Å². The molecule has 2 aliphatic rings. The van der Waals surface area contributed by atoms with E-state index in [-0.39, 0.29) is 25.0 Å². The molecule has 8 heteroatoms. The molecule has 0 aromatic heterocycles. The lowest BCUT2D eigenvalue weighted by molar-refractivity contribution is -0.248. The maximum atomic E-state index is 14.7. The monoisotopic (exact) mass is 436 g/mol. The summed E-state index contributed by atoms with van der Waals surface area (Å²) in [4.78, 5) is 0. The first-order valence-electron chi connectivity index (χ1n) is 10.7. The van der Waals surface area contributed by atoms with E-state index >= 15 is 0 Å². The number of halogens is 5. The summed E-state index contributed by atoms with van der Waals surface area (Å²) >= 11 is 0. The van der Waals surface area contributed by atoms with Gasteiger partial charge in [0.1, 0.15) is 5.75 Å². The molecule has 3 nitrogen and oxygen atoms in total. The highest BCUT2D eigenvalue weighted by atomic mass is 19.3. The van der Waals surface area contributed by atoms with Crippen molar-refractivity contribution >= 4 is 0 Å². The van der Waals surface area contributed by atoms with Crippen LogP contribution >= 0.6 is 0 Å². The molecule has 0 atom stereocenters. The van der Waals surface area contributed by atoms with Gasteiger partial charge in [0.15, 0.2) is 23.7 Å². The van der Waals surface area contributed by atoms with Gasteiger partial charge < -0.3 is 14.2 Å². The second kappa shape index (κ2) is 9.81. The Balaban J connectivity index is 1.53. The molecule has 0 unspecified atom stereocenters. The Bertz CT molecular complexity index is 711. The van der Waals surface area contributed by atoms with Crippen molar-refractivity contribution in [2.75, 3.05) is 13.2 Å². The molecule has 0 bridgehead atoms. The van der Waals surface area contributed by atoms with Crippen LogP contribution in [0.1, 0.15) is 57.4 Å². The van der Waals surface area contributed by atoms with Crippen molar-refractivity contribution in [2.24, 2.45) is 17.8 Å². The maximum Gasteiger partial charge on any atom is 0.400 e. The SMILES string of the molecule is CCCCC1COC(C2CCC(C(F)(F)Oc3cc(F)c(F)c(F)c3C)CC2)OC1. The molecule has 1 heterocycles. The second-order valence-corrected chi connectivity index (χ2v) is 8.43. The molecule has 1 saturated carbocycles. The van der Waals surface area contributed by atoms with Crippen molar-refractivity contribution in [1.29, 1.82) is 0 Å². The van der Waals surface area contributed by atoms with Gasteiger partial charge in [-0.3, -0.25) is 0 Å². The normalized spacial score (nSPS) is 27.8. The molecule has 0 amide bonds. The van der Waals surface area contributed by atoms with Crippen molar-refractivity contribution in [3.8, 4) is 5.75 Å². The number of ether oxygens (including phenoxy) is 3. The zero-order chi connectivity index (χ0) is 21.9. The summed E-state index contributed by atoms with van der Waals surface area (Å²) in [5.41, 5.74) is -0.483. The number of hydrogen-bond acceptors (Lipinski definition) is 3. The smallest absolute Gasteiger partial charge is 0.400 e. The summed E-state index contributed by atoms with van der Waals surface area (Å²) < 4.78 is 86.0. The van der Waals surface area contributed by atoms with E-state index in [4.69, 9.17) is 9.47 Å². The van der Waals surface area contributed by atoms with Crippen LogP contribution in [-0.2, 0) is 9.47 Å². The Morgan fingerprint density at radius 1 is 1.03 bits per heavy atom. The highest BCUT2D eigenvalue weighted by molar-refractivity contribution is 5.35. The molecule has 1 aromatic rings. The minimum atomic E-state index is -3.62. The van der Waals surface area contributed by atoms with Gasteiger partial charge in [0, 0.05) is 23.5 Å². The molecule has 170 valence electrons. The van der Waals surface area contributed by atoms with Gasteiger partial charge in [-0.2, -0.15) is 8.78 Å². The van der Waals surface area contributed by atoms with Gasteiger partial charge in [-0.1, -0.05) is 19.8 Å². The predicted octanol–water partition coefficient (Wildman–Crippen LogP) is 6.37. The Labute approximate surface area is 173 Å². The minimum absolute atomic E-state index is 0.0339. The minimum Gasteiger partial charge on any atom is -0.432 e. The first kappa shape index (κ1) is 23.3. The maximum absolute atomic E-state index is 14.7. The number of unbranched alkanes of at least 4 members (excludes halogenated alkanes) is 1. The topological polar surface area (TPSA) is 27.7 Å². The molecule has 3 rings (SSSR count). The molecule has 0 spiro atoms. The highest BCUT2D eigenvalue weighted by Gasteiger charge is 2.46. The van der Waals surface area contributed by atoms with Gasteiger partial charge in [0.25, 0.3) is 0 Å². The average molecular weight is 436 g/mol. The Morgan fingerprint density at radius 3 is 2.27 bits per heavy atom. The summed E-state index contributed by atoms with van der Waals surface area (Å²) in [6, 6.07) is 0.464. The van der Waals surface area contributed by atoms with Gasteiger partial charge >= 0.3 is 6.11 Å². The van der Waals surface area contributed by atoms with Gasteiger partial charge in [-0.05, 0) is 39.0 Å². The van der Waals surface area contributed by atoms with Crippen LogP contribution in [0.15, 0.2) is 6.07 Å². The van der Waals surface area contributed by atoms with Crippen molar-refractivity contribution in [3.05, 3.63) is 29.1 Å². The molecule has 1 aliphatic heterocycles. The van der Waals surface area contributed by atoms with E-state index in [0.717, 1.165) is 26.2 Å². The van der Waals surface area contributed by atoms with E-state index in [1.54, 1.807) is 0 Å². The van der Waals surface area contributed by atoms with E-state index < -0.39 is 40.8 Å². The molecule has 1 aromatic carbocycles. The molecular formula is C22H29F5O3. The zero-order valence-electron chi connectivity index (χ0n) is 17.4. The van der Waals surface area contributed by atoms with Crippen LogP contribution in [0.25, 0.3) is 0 Å². The summed E-state index contributed by atoms with van der Waals surface area (Å²) in [6.45, 7) is 4.47. The fourth-order valence-electron chi connectivity index (χ4n) is 4.22. The number of hydrogen-bond donors (Lipinski definition) is 0. The van der Waals surface area contributed by atoms with E-state index in [1.165, 1.54) is 0 Å². The lowest BCUT2D eigenvalue weighted by atomic mass is 9.80. The molecule has 0 radical (unpaired) electrons. The van der Waals surface area contributed by atoms with Crippen LogP contribution < -0.4 is 4.74 Å². The fourth-order valence-corrected chi connectivity index (χ4v) is 4.22. The van der Waals surface area contributed by atoms with Crippen LogP contribution in [0.4, 0.5) is 22.0 Å². The van der Waals surface area contributed by atoms with Gasteiger partial charge in [-0.15, -0.1) is 0 Å². The van der Waals surface area contributed by atoms with Gasteiger partial charge in [-0.25, -0.2) is 13.2 Å². The van der Waals surface area contributed by atoms with E-state index in [1.807, 2.05) is 0 Å². The van der Waals surface area contributed by atoms with Crippen LogP contribution in [0.2, 0.25) is 0 Å². The highest BCUT2D eigenvalue weighted by Crippen LogP contribution is 2.43. The summed E-state index contributed by atoms with van der Waals surface area (Å²) in [7, 11) is 0. The van der Waals surface area contributed by atoms with E-state index in [2.05, 4.69) is 11.7 Å². The first-order chi connectivity index (χ1) is 14.2. The Kier molecular flexibility index (Phi) is 7.61. The zero-order valence-corrected chi connectivity index (χ0v) is 17.4. The summed E-state index contributed by atoms with van der Waals surface area (Å²) in [6.07, 6.45) is 0.631. The van der Waals surface area contributed by atoms with Crippen molar-refractivity contribution in [3.63, 3.8) is 0 Å². The Hall–Kier alpha value is -1.41. The third-order valence-electron chi connectivity index (χ3n) is 6.20. The molecule has 1 saturated heterocycles. The lowest BCUT2D eigenvalue weighted by Crippen LogP contribution is -2.42. The quantitative estimate of drug-likeness (QED) is 0.367. The number of alkyl halides is 2. The number of rotatable bonds is 7. The second-order valence-electron chi connectivity index (χ2n) is 8.43. The molecular weight excluding hydrogens is 407 g/mol. The third kappa shape index (κ3) is 5.25. The Morgan fingerprint density at radius 2 is 1.67 bits per heavy atom. The molecule has 2 fully saturated rings. The average Bonchev–Trinajstić information content (AvgIpc) is 2.75. The van der Waals surface area contributed by atoms with Gasteiger partial charge in [0.05, 0.1) is 19.1 Å². The summed E-state index contributed by atoms with van der Waals surface area (Å²) in [5.74, 6) is -6.15. The van der Waals surface area contributed by atoms with Crippen LogP contribution in [0.5, 0.6) is 5.75 Å². The van der Waals surface area contributed by atoms with Crippen LogP contribution in [0.3, 0.4) is 0 Å². The van der Waals surface area contributed by atoms with E-state index in [0.29, 0.717) is 38.0 Å². The standard InChI is InChI=1S/C22H29F5O3/c1-3-4-5-14-11-28-21(29-12-14)15-6-8-16(9-7-15)22(26,27)30-18-10-17(23)20(25)19(24)13(18)2/h10,14-16,21H,3-9,11-12H2,1-2H3. The largest absolute Gasteiger partial charge is 0.432 e. The van der Waals surface area contributed by atoms with Crippen molar-refractivity contribution in [1.82, 2.24) is 0 Å². The van der Waals surface area contributed by atoms with Gasteiger partial charge in [0.2, 0.25) is 0 Å². The predicted molar refractivity (Wildman–Crippen MR) is 101 cm³/mol. The first-order valence-corrected chi connectivity index (χ1v) is 10.7. The molecule has 1 aliphatic carbocycles. The lowest BCUT2D eigenvalue weighted by Gasteiger charge is -2.39. The van der Waals surface area contributed by atoms with Crippen LogP contribution in [-0.4, -0.2) is 25.6 Å². The van der Waals surface area contributed by atoms with E-state index in [9.17, 15) is 22.0 Å². The third-order valence-corrected chi connectivity index (χ3v) is 6.20. The van der Waals surface area contributed by atoms with Crippen LogP contribution in [0, 0.1) is 42.1 Å².